The standard InChI is InChI=1S/C46H49N3/c1-6-9-22-41(40-23-15-13-16-24-40)32-33-43-26-20-29-46(48-43)49-36-34-39(31-30-38(5)44-27-17-18-28-45(44)49)37(4)21-14-11-12-19-35-47-42(8-3)25-10-7-2/h6-20,22-34,46-48H,2,4-5,21,35-36H2,1,3H3/b9-6-,14-11-,19-12-,25-10-,31-30?,33-32+,39-34?,41-22+,42-8+. The number of anilines is 1. The van der Waals surface area contributed by atoms with Crippen molar-refractivity contribution < 1.29 is 0 Å². The van der Waals surface area contributed by atoms with Gasteiger partial charge in [-0.15, -0.1) is 0 Å². The lowest BCUT2D eigenvalue weighted by atomic mass is 10.0. The zero-order valence-corrected chi connectivity index (χ0v) is 28.9. The predicted molar refractivity (Wildman–Crippen MR) is 216 cm³/mol. The van der Waals surface area contributed by atoms with Crippen LogP contribution in [0.2, 0.25) is 0 Å². The summed E-state index contributed by atoms with van der Waals surface area (Å²) in [6, 6.07) is 19.0. The van der Waals surface area contributed by atoms with Crippen molar-refractivity contribution in [2.75, 3.05) is 18.0 Å². The first-order valence-electron chi connectivity index (χ1n) is 16.9. The maximum Gasteiger partial charge on any atom is 0.119 e. The van der Waals surface area contributed by atoms with Crippen LogP contribution in [0.1, 0.15) is 31.4 Å². The summed E-state index contributed by atoms with van der Waals surface area (Å²) >= 11 is 0. The summed E-state index contributed by atoms with van der Waals surface area (Å²) < 4.78 is 0. The van der Waals surface area contributed by atoms with Crippen LogP contribution in [0.4, 0.5) is 5.69 Å². The second kappa shape index (κ2) is 19.8. The minimum Gasteiger partial charge on any atom is -0.382 e. The fraction of sp³-hybridized carbons (Fsp3) is 0.130. The number of rotatable bonds is 14. The number of nitrogens with one attached hydrogen (secondary N) is 2. The summed E-state index contributed by atoms with van der Waals surface area (Å²) in [5.41, 5.74) is 9.81. The molecule has 2 aromatic carbocycles. The molecular weight excluding hydrogens is 595 g/mol. The first kappa shape index (κ1) is 36.0. The second-order valence-electron chi connectivity index (χ2n) is 11.5. The van der Waals surface area contributed by atoms with Gasteiger partial charge < -0.3 is 15.5 Å². The maximum atomic E-state index is 4.45. The highest BCUT2D eigenvalue weighted by Gasteiger charge is 2.21. The Morgan fingerprint density at radius 2 is 1.76 bits per heavy atom. The van der Waals surface area contributed by atoms with Crippen LogP contribution in [0.3, 0.4) is 0 Å². The Kier molecular flexibility index (Phi) is 14.5. The van der Waals surface area contributed by atoms with E-state index in [0.717, 1.165) is 57.9 Å². The molecule has 0 amide bonds. The largest absolute Gasteiger partial charge is 0.382 e. The Morgan fingerprint density at radius 3 is 2.55 bits per heavy atom. The molecule has 0 aliphatic carbocycles. The van der Waals surface area contributed by atoms with E-state index in [4.69, 9.17) is 0 Å². The molecule has 0 saturated carbocycles. The number of benzene rings is 2. The van der Waals surface area contributed by atoms with Crippen LogP contribution in [0.15, 0.2) is 212 Å². The van der Waals surface area contributed by atoms with Crippen LogP contribution < -0.4 is 15.5 Å². The molecule has 1 unspecified atom stereocenters. The van der Waals surface area contributed by atoms with Crippen molar-refractivity contribution in [3.05, 3.63) is 223 Å². The quantitative estimate of drug-likeness (QED) is 0.201. The third-order valence-electron chi connectivity index (χ3n) is 8.07. The molecule has 0 radical (unpaired) electrons. The lowest BCUT2D eigenvalue weighted by Gasteiger charge is -2.35. The van der Waals surface area contributed by atoms with Gasteiger partial charge in [0.05, 0.1) is 0 Å². The lowest BCUT2D eigenvalue weighted by Crippen LogP contribution is -2.45. The topological polar surface area (TPSA) is 27.3 Å². The number of allylic oxidation sites excluding steroid dienone is 20. The smallest absolute Gasteiger partial charge is 0.119 e. The highest BCUT2D eigenvalue weighted by atomic mass is 15.3. The summed E-state index contributed by atoms with van der Waals surface area (Å²) in [6.07, 6.45) is 40.4. The summed E-state index contributed by atoms with van der Waals surface area (Å²) in [6.45, 7) is 18.1. The van der Waals surface area contributed by atoms with Crippen LogP contribution in [-0.4, -0.2) is 19.3 Å². The number of dihydropyridines is 1. The third-order valence-corrected chi connectivity index (χ3v) is 8.07. The molecule has 2 heterocycles. The molecule has 0 fully saturated rings. The van der Waals surface area contributed by atoms with Gasteiger partial charge in [0.1, 0.15) is 6.17 Å². The second-order valence-corrected chi connectivity index (χ2v) is 11.5. The minimum absolute atomic E-state index is 0.0591. The van der Waals surface area contributed by atoms with Gasteiger partial charge in [-0.25, -0.2) is 0 Å². The van der Waals surface area contributed by atoms with E-state index in [0.29, 0.717) is 6.54 Å². The van der Waals surface area contributed by atoms with E-state index in [1.165, 1.54) is 5.56 Å². The van der Waals surface area contributed by atoms with Gasteiger partial charge in [-0.1, -0.05) is 159 Å². The van der Waals surface area contributed by atoms with Crippen molar-refractivity contribution in [2.45, 2.75) is 26.4 Å². The van der Waals surface area contributed by atoms with Crippen molar-refractivity contribution in [1.82, 2.24) is 10.6 Å². The van der Waals surface area contributed by atoms with Crippen molar-refractivity contribution in [3.8, 4) is 0 Å². The fourth-order valence-corrected chi connectivity index (χ4v) is 5.40. The van der Waals surface area contributed by atoms with Crippen molar-refractivity contribution in [3.63, 3.8) is 0 Å². The Hall–Kier alpha value is -5.80. The zero-order valence-electron chi connectivity index (χ0n) is 28.9. The molecule has 3 nitrogen and oxygen atoms in total. The van der Waals surface area contributed by atoms with Gasteiger partial charge >= 0.3 is 0 Å². The predicted octanol–water partition coefficient (Wildman–Crippen LogP) is 10.9. The molecule has 2 aliphatic heterocycles. The maximum absolute atomic E-state index is 4.45. The van der Waals surface area contributed by atoms with Gasteiger partial charge in [0.15, 0.2) is 0 Å². The van der Waals surface area contributed by atoms with Crippen LogP contribution in [0.25, 0.3) is 11.1 Å². The fourth-order valence-electron chi connectivity index (χ4n) is 5.40. The third kappa shape index (κ3) is 11.2. The molecule has 2 N–H and O–H groups in total. The molecule has 0 spiro atoms. The van der Waals surface area contributed by atoms with E-state index < -0.39 is 0 Å². The van der Waals surface area contributed by atoms with Gasteiger partial charge in [0.25, 0.3) is 0 Å². The summed E-state index contributed by atoms with van der Waals surface area (Å²) in [4.78, 5) is 2.39. The molecule has 0 saturated heterocycles. The molecule has 3 heteroatoms. The summed E-state index contributed by atoms with van der Waals surface area (Å²) in [5.74, 6) is 0. The summed E-state index contributed by atoms with van der Waals surface area (Å²) in [5, 5.41) is 7.15. The molecule has 2 aromatic rings. The van der Waals surface area contributed by atoms with Crippen LogP contribution in [0, 0.1) is 0 Å². The normalized spacial score (nSPS) is 17.3. The van der Waals surface area contributed by atoms with Crippen LogP contribution in [-0.2, 0) is 0 Å². The van der Waals surface area contributed by atoms with Gasteiger partial charge in [-0.2, -0.15) is 0 Å². The van der Waals surface area contributed by atoms with Crippen molar-refractivity contribution >= 4 is 16.8 Å². The van der Waals surface area contributed by atoms with E-state index in [1.54, 1.807) is 6.08 Å². The lowest BCUT2D eigenvalue weighted by molar-refractivity contribution is 0.637. The molecular formula is C46H49N3. The number of nitrogens with zero attached hydrogens (tertiary/aromatic N) is 1. The highest BCUT2D eigenvalue weighted by molar-refractivity contribution is 5.82. The van der Waals surface area contributed by atoms with E-state index >= 15 is 0 Å². The van der Waals surface area contributed by atoms with E-state index in [2.05, 4.69) is 169 Å². The number of para-hydroxylation sites is 1. The Bertz CT molecular complexity index is 1790. The van der Waals surface area contributed by atoms with Gasteiger partial charge in [-0.05, 0) is 78.5 Å². The molecule has 248 valence electrons. The van der Waals surface area contributed by atoms with Crippen LogP contribution in [0.5, 0.6) is 0 Å². The average molecular weight is 644 g/mol. The van der Waals surface area contributed by atoms with Gasteiger partial charge in [-0.3, -0.25) is 0 Å². The SMILES string of the molecule is C=C/C=C\C(=C/C)NC/C=C\C=C/CC(=C)C1=CCN(C2C=CC=C(/C=C/C(=C\C=C/C)c3ccccc3)N2)c2ccccc2C(=C)C=C1. The van der Waals surface area contributed by atoms with Gasteiger partial charge in [0.2, 0.25) is 0 Å². The number of fused-ring (bicyclic) bond motifs is 1. The van der Waals surface area contributed by atoms with Gasteiger partial charge in [0, 0.05) is 35.7 Å². The van der Waals surface area contributed by atoms with E-state index in [-0.39, 0.29) is 6.17 Å². The molecule has 49 heavy (non-hydrogen) atoms. The van der Waals surface area contributed by atoms with Crippen molar-refractivity contribution in [2.24, 2.45) is 0 Å². The Labute approximate surface area is 294 Å². The van der Waals surface area contributed by atoms with E-state index in [9.17, 15) is 0 Å². The first-order chi connectivity index (χ1) is 24.0. The molecule has 4 rings (SSSR count). The molecule has 0 bridgehead atoms. The zero-order chi connectivity index (χ0) is 34.7. The van der Waals surface area contributed by atoms with Crippen LogP contribution >= 0.6 is 0 Å². The molecule has 0 aromatic heterocycles. The monoisotopic (exact) mass is 643 g/mol. The average Bonchev–Trinajstić information content (AvgIpc) is 3.21. The van der Waals surface area contributed by atoms with E-state index in [1.807, 2.05) is 44.2 Å². The molecule has 1 atom stereocenters. The highest BCUT2D eigenvalue weighted by Crippen LogP contribution is 2.32. The molecule has 2 aliphatic rings. The first-order valence-corrected chi connectivity index (χ1v) is 16.9. The van der Waals surface area contributed by atoms with Crippen molar-refractivity contribution in [1.29, 1.82) is 0 Å². The number of hydrogen-bond donors (Lipinski definition) is 2. The minimum atomic E-state index is -0.0591. The Balaban J connectivity index is 1.48. The summed E-state index contributed by atoms with van der Waals surface area (Å²) in [7, 11) is 0. The number of hydrogen-bond acceptors (Lipinski definition) is 3. The Morgan fingerprint density at radius 1 is 0.959 bits per heavy atom.